The molecule has 0 radical (unpaired) electrons. The van der Waals surface area contributed by atoms with Crippen LogP contribution in [0.3, 0.4) is 0 Å². The summed E-state index contributed by atoms with van der Waals surface area (Å²) in [5, 5.41) is 5.76. The van der Waals surface area contributed by atoms with Crippen LogP contribution in [-0.4, -0.2) is 90.7 Å². The van der Waals surface area contributed by atoms with Crippen molar-refractivity contribution >= 4 is 21.6 Å². The van der Waals surface area contributed by atoms with Crippen LogP contribution in [0.4, 0.5) is 5.69 Å². The molecular formula is C17H28N4O5S. The number of morpholine rings is 1. The van der Waals surface area contributed by atoms with Gasteiger partial charge in [-0.1, -0.05) is 0 Å². The molecule has 0 atom stereocenters. The Bertz CT molecular complexity index is 733. The molecule has 1 aliphatic heterocycles. The number of amides is 1. The van der Waals surface area contributed by atoms with E-state index >= 15 is 0 Å². The summed E-state index contributed by atoms with van der Waals surface area (Å²) >= 11 is 0. The van der Waals surface area contributed by atoms with Crippen molar-refractivity contribution in [3.63, 3.8) is 0 Å². The van der Waals surface area contributed by atoms with Gasteiger partial charge in [0.2, 0.25) is 15.9 Å². The zero-order chi connectivity index (χ0) is 19.9. The molecule has 10 heteroatoms. The summed E-state index contributed by atoms with van der Waals surface area (Å²) in [7, 11) is 1.59. The van der Waals surface area contributed by atoms with Gasteiger partial charge in [-0.3, -0.25) is 4.79 Å². The molecule has 2 rings (SSSR count). The molecule has 2 N–H and O–H groups in total. The highest BCUT2D eigenvalue weighted by Crippen LogP contribution is 2.30. The highest BCUT2D eigenvalue weighted by atomic mass is 32.2. The lowest BCUT2D eigenvalue weighted by Gasteiger charge is -2.26. The fourth-order valence-corrected chi connectivity index (χ4v) is 4.18. The molecule has 0 aromatic heterocycles. The van der Waals surface area contributed by atoms with Crippen LogP contribution < -0.4 is 15.4 Å². The Kier molecular flexibility index (Phi) is 7.99. The summed E-state index contributed by atoms with van der Waals surface area (Å²) in [6.07, 6.45) is 0. The predicted molar refractivity (Wildman–Crippen MR) is 103 cm³/mol. The average molecular weight is 401 g/mol. The molecule has 0 unspecified atom stereocenters. The first-order valence-electron chi connectivity index (χ1n) is 8.76. The molecule has 1 amide bonds. The van der Waals surface area contributed by atoms with Gasteiger partial charge in [-0.25, -0.2) is 8.42 Å². The lowest BCUT2D eigenvalue weighted by molar-refractivity contribution is -0.115. The SMILES string of the molecule is COc1ccc(NC(=O)CNCCN(C)C)cc1S(=O)(=O)N1CCOCC1. The van der Waals surface area contributed by atoms with Crippen molar-refractivity contribution in [1.82, 2.24) is 14.5 Å². The Morgan fingerprint density at radius 1 is 1.30 bits per heavy atom. The summed E-state index contributed by atoms with van der Waals surface area (Å²) < 4.78 is 37.7. The molecule has 0 bridgehead atoms. The van der Waals surface area contributed by atoms with Crippen molar-refractivity contribution in [2.24, 2.45) is 0 Å². The number of methoxy groups -OCH3 is 1. The van der Waals surface area contributed by atoms with Crippen molar-refractivity contribution in [3.05, 3.63) is 18.2 Å². The molecule has 0 spiro atoms. The Hall–Kier alpha value is -1.72. The first-order chi connectivity index (χ1) is 12.8. The molecule has 1 saturated heterocycles. The Morgan fingerprint density at radius 2 is 2.00 bits per heavy atom. The summed E-state index contributed by atoms with van der Waals surface area (Å²) in [6, 6.07) is 4.60. The molecule has 1 aliphatic rings. The first-order valence-corrected chi connectivity index (χ1v) is 10.2. The van der Waals surface area contributed by atoms with E-state index in [0.717, 1.165) is 6.54 Å². The third-order valence-corrected chi connectivity index (χ3v) is 5.98. The number of nitrogens with zero attached hydrogens (tertiary/aromatic N) is 2. The standard InChI is InChI=1S/C17H28N4O5S/c1-20(2)7-6-18-13-17(22)19-14-4-5-15(25-3)16(12-14)27(23,24)21-8-10-26-11-9-21/h4-5,12,18H,6-11,13H2,1-3H3,(H,19,22). The van der Waals surface area contributed by atoms with Crippen molar-refractivity contribution < 1.29 is 22.7 Å². The second-order valence-electron chi connectivity index (χ2n) is 6.41. The van der Waals surface area contributed by atoms with Crippen molar-refractivity contribution in [2.75, 3.05) is 72.5 Å². The number of benzene rings is 1. The number of carbonyl (C=O) groups excluding carboxylic acids is 1. The molecule has 0 saturated carbocycles. The van der Waals surface area contributed by atoms with Gasteiger partial charge in [-0.15, -0.1) is 0 Å². The van der Waals surface area contributed by atoms with Crippen LogP contribution in [0, 0.1) is 0 Å². The summed E-state index contributed by atoms with van der Waals surface area (Å²) in [4.78, 5) is 14.1. The van der Waals surface area contributed by atoms with Crippen LogP contribution in [0.5, 0.6) is 5.75 Å². The zero-order valence-corrected chi connectivity index (χ0v) is 16.8. The van der Waals surface area contributed by atoms with Crippen LogP contribution in [-0.2, 0) is 19.6 Å². The second kappa shape index (κ2) is 10.00. The van der Waals surface area contributed by atoms with E-state index in [1.807, 2.05) is 19.0 Å². The Labute approximate surface area is 160 Å². The molecular weight excluding hydrogens is 372 g/mol. The highest BCUT2D eigenvalue weighted by Gasteiger charge is 2.29. The molecule has 1 aromatic rings. The van der Waals surface area contributed by atoms with Gasteiger partial charge >= 0.3 is 0 Å². The number of hydrogen-bond acceptors (Lipinski definition) is 7. The third-order valence-electron chi connectivity index (χ3n) is 4.06. The molecule has 1 heterocycles. The lowest BCUT2D eigenvalue weighted by Crippen LogP contribution is -2.40. The van der Waals surface area contributed by atoms with Gasteiger partial charge in [0.05, 0.1) is 26.9 Å². The summed E-state index contributed by atoms with van der Waals surface area (Å²) in [6.45, 7) is 2.94. The summed E-state index contributed by atoms with van der Waals surface area (Å²) in [5.74, 6) is -0.00255. The van der Waals surface area contributed by atoms with E-state index in [2.05, 4.69) is 10.6 Å². The first kappa shape index (κ1) is 21.6. The molecule has 27 heavy (non-hydrogen) atoms. The summed E-state index contributed by atoms with van der Waals surface area (Å²) in [5.41, 5.74) is 0.405. The predicted octanol–water partition coefficient (Wildman–Crippen LogP) is -0.194. The smallest absolute Gasteiger partial charge is 0.246 e. The van der Waals surface area contributed by atoms with Gasteiger partial charge in [0.15, 0.2) is 0 Å². The van der Waals surface area contributed by atoms with E-state index in [1.54, 1.807) is 12.1 Å². The van der Waals surface area contributed by atoms with Gasteiger partial charge < -0.3 is 25.0 Å². The normalized spacial score (nSPS) is 15.7. The number of likely N-dealkylation sites (N-methyl/N-ethyl adjacent to an activating group) is 1. The topological polar surface area (TPSA) is 100 Å². The third kappa shape index (κ3) is 6.15. The van der Waals surface area contributed by atoms with Gasteiger partial charge in [-0.2, -0.15) is 4.31 Å². The fourth-order valence-electron chi connectivity index (χ4n) is 2.59. The van der Waals surface area contributed by atoms with Crippen molar-refractivity contribution in [2.45, 2.75) is 4.90 Å². The molecule has 0 aliphatic carbocycles. The van der Waals surface area contributed by atoms with Gasteiger partial charge in [0.25, 0.3) is 0 Å². The number of sulfonamides is 1. The van der Waals surface area contributed by atoms with Crippen LogP contribution in [0.1, 0.15) is 0 Å². The van der Waals surface area contributed by atoms with E-state index in [9.17, 15) is 13.2 Å². The Balaban J connectivity index is 2.09. The maximum atomic E-state index is 12.9. The molecule has 9 nitrogen and oxygen atoms in total. The number of rotatable bonds is 9. The Morgan fingerprint density at radius 3 is 2.63 bits per heavy atom. The number of anilines is 1. The average Bonchev–Trinajstić information content (AvgIpc) is 2.65. The minimum atomic E-state index is -3.74. The van der Waals surface area contributed by atoms with Crippen LogP contribution in [0.25, 0.3) is 0 Å². The van der Waals surface area contributed by atoms with Crippen LogP contribution in [0.2, 0.25) is 0 Å². The number of carbonyl (C=O) groups is 1. The molecule has 1 aromatic carbocycles. The molecule has 152 valence electrons. The molecule has 1 fully saturated rings. The van der Waals surface area contributed by atoms with Gasteiger partial charge in [0.1, 0.15) is 10.6 Å². The van der Waals surface area contributed by atoms with Crippen LogP contribution >= 0.6 is 0 Å². The number of hydrogen-bond donors (Lipinski definition) is 2. The highest BCUT2D eigenvalue weighted by molar-refractivity contribution is 7.89. The maximum Gasteiger partial charge on any atom is 0.246 e. The maximum absolute atomic E-state index is 12.9. The van der Waals surface area contributed by atoms with Gasteiger partial charge in [0, 0.05) is 31.9 Å². The number of nitrogens with one attached hydrogen (secondary N) is 2. The quantitative estimate of drug-likeness (QED) is 0.554. The minimum absolute atomic E-state index is 0.0327. The number of ether oxygens (including phenoxy) is 2. The van der Waals surface area contributed by atoms with E-state index in [4.69, 9.17) is 9.47 Å². The van der Waals surface area contributed by atoms with Gasteiger partial charge in [-0.05, 0) is 32.3 Å². The zero-order valence-electron chi connectivity index (χ0n) is 16.0. The van der Waals surface area contributed by atoms with E-state index in [-0.39, 0.29) is 36.2 Å². The largest absolute Gasteiger partial charge is 0.495 e. The minimum Gasteiger partial charge on any atom is -0.495 e. The van der Waals surface area contributed by atoms with E-state index < -0.39 is 10.0 Å². The van der Waals surface area contributed by atoms with Crippen LogP contribution in [0.15, 0.2) is 23.1 Å². The lowest BCUT2D eigenvalue weighted by atomic mass is 10.3. The fraction of sp³-hybridized carbons (Fsp3) is 0.588. The second-order valence-corrected chi connectivity index (χ2v) is 8.32. The van der Waals surface area contributed by atoms with Crippen molar-refractivity contribution in [1.29, 1.82) is 0 Å². The van der Waals surface area contributed by atoms with E-state index in [1.165, 1.54) is 17.5 Å². The van der Waals surface area contributed by atoms with E-state index in [0.29, 0.717) is 25.4 Å². The van der Waals surface area contributed by atoms with Crippen molar-refractivity contribution in [3.8, 4) is 5.75 Å². The monoisotopic (exact) mass is 400 g/mol.